The van der Waals surface area contributed by atoms with Gasteiger partial charge in [0.05, 0.1) is 11.1 Å². The first kappa shape index (κ1) is 28.7. The lowest BCUT2D eigenvalue weighted by molar-refractivity contribution is -0.138. The molecule has 1 aliphatic heterocycles. The largest absolute Gasteiger partial charge is 0.416 e. The van der Waals surface area contributed by atoms with Crippen molar-refractivity contribution in [2.75, 3.05) is 0 Å². The average molecular weight is 579 g/mol. The molecule has 4 aromatic rings. The predicted molar refractivity (Wildman–Crippen MR) is 156 cm³/mol. The Balaban J connectivity index is 1.89. The molecule has 0 aliphatic carbocycles. The van der Waals surface area contributed by atoms with Gasteiger partial charge in [-0.1, -0.05) is 111 Å². The first-order chi connectivity index (χ1) is 19.5. The highest BCUT2D eigenvalue weighted by molar-refractivity contribution is 7.14. The van der Waals surface area contributed by atoms with E-state index in [1.165, 1.54) is 0 Å². The van der Waals surface area contributed by atoms with E-state index in [4.69, 9.17) is 0 Å². The van der Waals surface area contributed by atoms with Crippen LogP contribution in [0.5, 0.6) is 0 Å². The Hall–Kier alpha value is -3.84. The summed E-state index contributed by atoms with van der Waals surface area (Å²) in [6.07, 6.45) is -8.93. The minimum absolute atomic E-state index is 0.711. The molecule has 0 bridgehead atoms. The molecule has 5 rings (SSSR count). The molecule has 1 heterocycles. The maximum atomic E-state index is 13.5. The summed E-state index contributed by atoms with van der Waals surface area (Å²) in [5, 5.41) is 2.02. The van der Waals surface area contributed by atoms with Gasteiger partial charge in [0.1, 0.15) is 8.07 Å². The summed E-state index contributed by atoms with van der Waals surface area (Å²) in [4.78, 5) is 0. The number of alkyl halides is 6. The van der Waals surface area contributed by atoms with Gasteiger partial charge in [-0.15, -0.1) is 0 Å². The highest BCUT2D eigenvalue weighted by atomic mass is 28.3. The number of rotatable bonds is 6. The van der Waals surface area contributed by atoms with Crippen LogP contribution >= 0.6 is 0 Å². The minimum Gasteiger partial charge on any atom is -0.166 e. The first-order valence-corrected chi connectivity index (χ1v) is 15.9. The van der Waals surface area contributed by atoms with E-state index in [0.29, 0.717) is 11.1 Å². The molecule has 41 heavy (non-hydrogen) atoms. The fourth-order valence-corrected chi connectivity index (χ4v) is 11.2. The molecule has 210 valence electrons. The molecule has 0 nitrogen and oxygen atoms in total. The van der Waals surface area contributed by atoms with Crippen molar-refractivity contribution in [2.24, 2.45) is 0 Å². The van der Waals surface area contributed by atoms with Gasteiger partial charge in [0.2, 0.25) is 0 Å². The van der Waals surface area contributed by atoms with Crippen molar-refractivity contribution in [2.45, 2.75) is 38.3 Å². The molecule has 0 amide bonds. The van der Waals surface area contributed by atoms with Gasteiger partial charge in [0.15, 0.2) is 0 Å². The topological polar surface area (TPSA) is 0 Å². The van der Waals surface area contributed by atoms with E-state index < -0.39 is 31.6 Å². The van der Waals surface area contributed by atoms with Gasteiger partial charge in [-0.3, -0.25) is 0 Å². The second kappa shape index (κ2) is 10.9. The van der Waals surface area contributed by atoms with E-state index in [0.717, 1.165) is 69.0 Å². The third-order valence-corrected chi connectivity index (χ3v) is 13.4. The van der Waals surface area contributed by atoms with E-state index in [9.17, 15) is 26.3 Å². The van der Waals surface area contributed by atoms with Crippen LogP contribution in [0.2, 0.25) is 12.1 Å². The maximum absolute atomic E-state index is 13.5. The summed E-state index contributed by atoms with van der Waals surface area (Å²) in [7, 11) is -2.74. The normalized spacial score (nSPS) is 15.5. The van der Waals surface area contributed by atoms with Crippen LogP contribution in [0, 0.1) is 0 Å². The Morgan fingerprint density at radius 2 is 0.756 bits per heavy atom. The van der Waals surface area contributed by atoms with Gasteiger partial charge in [-0.05, 0) is 68.1 Å². The molecule has 0 spiro atoms. The fourth-order valence-electron chi connectivity index (χ4n) is 6.09. The molecule has 0 radical (unpaired) electrons. The Morgan fingerprint density at radius 1 is 0.439 bits per heavy atom. The zero-order chi connectivity index (χ0) is 29.4. The highest BCUT2D eigenvalue weighted by Crippen LogP contribution is 2.58. The summed E-state index contributed by atoms with van der Waals surface area (Å²) >= 11 is 0. The van der Waals surface area contributed by atoms with Crippen LogP contribution in [-0.4, -0.2) is 8.07 Å². The fraction of sp³-hybridized carbons (Fsp3) is 0.176. The van der Waals surface area contributed by atoms with Crippen molar-refractivity contribution in [1.29, 1.82) is 0 Å². The van der Waals surface area contributed by atoms with Gasteiger partial charge < -0.3 is 0 Å². The number of benzene rings is 4. The van der Waals surface area contributed by atoms with Crippen LogP contribution in [0.3, 0.4) is 0 Å². The third kappa shape index (κ3) is 5.19. The molecular formula is C34H28F6Si. The molecule has 1 aliphatic rings. The molecule has 7 heteroatoms. The lowest BCUT2D eigenvalue weighted by atomic mass is 9.89. The van der Waals surface area contributed by atoms with E-state index in [2.05, 4.69) is 13.8 Å². The Bertz CT molecular complexity index is 1460. The van der Waals surface area contributed by atoms with Crippen molar-refractivity contribution >= 4 is 29.6 Å². The van der Waals surface area contributed by atoms with Gasteiger partial charge in [-0.25, -0.2) is 0 Å². The second-order valence-corrected chi connectivity index (χ2v) is 14.7. The summed E-state index contributed by atoms with van der Waals surface area (Å²) in [5.74, 6) is 0. The second-order valence-electron chi connectivity index (χ2n) is 10.2. The lowest BCUT2D eigenvalue weighted by Crippen LogP contribution is -2.35. The quantitative estimate of drug-likeness (QED) is 0.158. The van der Waals surface area contributed by atoms with Crippen molar-refractivity contribution in [3.63, 3.8) is 0 Å². The molecule has 0 aromatic heterocycles. The zero-order valence-corrected chi connectivity index (χ0v) is 23.6. The Morgan fingerprint density at radius 3 is 1.02 bits per heavy atom. The van der Waals surface area contributed by atoms with Crippen LogP contribution in [0.25, 0.3) is 21.5 Å². The van der Waals surface area contributed by atoms with Crippen LogP contribution < -0.4 is 0 Å². The SMILES string of the molecule is CC[Si]1(CC)C(c2ccc(C(F)(F)F)cc2)=C(c2ccccc2)C(c2ccccc2)=C1c1ccc(C(F)(F)F)cc1. The van der Waals surface area contributed by atoms with Gasteiger partial charge in [0, 0.05) is 0 Å². The monoisotopic (exact) mass is 578 g/mol. The predicted octanol–water partition coefficient (Wildman–Crippen LogP) is 10.8. The van der Waals surface area contributed by atoms with Crippen molar-refractivity contribution in [3.8, 4) is 0 Å². The van der Waals surface area contributed by atoms with Crippen LogP contribution in [-0.2, 0) is 12.4 Å². The van der Waals surface area contributed by atoms with Crippen LogP contribution in [0.15, 0.2) is 109 Å². The maximum Gasteiger partial charge on any atom is 0.416 e. The molecule has 0 saturated carbocycles. The highest BCUT2D eigenvalue weighted by Gasteiger charge is 2.48. The molecule has 4 aromatic carbocycles. The number of allylic oxidation sites excluding steroid dienone is 2. The Kier molecular flexibility index (Phi) is 7.59. The first-order valence-electron chi connectivity index (χ1n) is 13.5. The van der Waals surface area contributed by atoms with E-state index >= 15 is 0 Å². The molecule has 0 saturated heterocycles. The zero-order valence-electron chi connectivity index (χ0n) is 22.6. The van der Waals surface area contributed by atoms with E-state index in [1.54, 1.807) is 24.3 Å². The lowest BCUT2D eigenvalue weighted by Gasteiger charge is -2.33. The smallest absolute Gasteiger partial charge is 0.166 e. The van der Waals surface area contributed by atoms with Crippen LogP contribution in [0.1, 0.15) is 47.2 Å². The standard InChI is InChI=1S/C34H28F6Si/c1-3-41(4-2)31(25-15-19-27(20-16-25)33(35,36)37)29(23-11-7-5-8-12-23)30(24-13-9-6-10-14-24)32(41)26-17-21-28(22-18-26)34(38,39)40/h5-22H,3-4H2,1-2H3. The van der Waals surface area contributed by atoms with E-state index in [1.807, 2.05) is 60.7 Å². The van der Waals surface area contributed by atoms with Gasteiger partial charge in [0.25, 0.3) is 0 Å². The van der Waals surface area contributed by atoms with Gasteiger partial charge in [-0.2, -0.15) is 26.3 Å². The molecular weight excluding hydrogens is 550 g/mol. The Labute approximate surface area is 236 Å². The summed E-state index contributed by atoms with van der Waals surface area (Å²) in [6, 6.07) is 31.6. The summed E-state index contributed by atoms with van der Waals surface area (Å²) < 4.78 is 81.1. The summed E-state index contributed by atoms with van der Waals surface area (Å²) in [5.41, 5.74) is 3.68. The number of hydrogen-bond acceptors (Lipinski definition) is 0. The van der Waals surface area contributed by atoms with Crippen molar-refractivity contribution in [1.82, 2.24) is 0 Å². The van der Waals surface area contributed by atoms with Crippen molar-refractivity contribution in [3.05, 3.63) is 143 Å². The van der Waals surface area contributed by atoms with Gasteiger partial charge >= 0.3 is 12.4 Å². The minimum atomic E-state index is -4.46. The molecule has 0 atom stereocenters. The molecule has 0 unspecified atom stereocenters. The molecule has 0 N–H and O–H groups in total. The van der Waals surface area contributed by atoms with Crippen molar-refractivity contribution < 1.29 is 26.3 Å². The number of halogens is 6. The van der Waals surface area contributed by atoms with Crippen LogP contribution in [0.4, 0.5) is 26.3 Å². The average Bonchev–Trinajstić information content (AvgIpc) is 3.29. The summed E-state index contributed by atoms with van der Waals surface area (Å²) in [6.45, 7) is 4.17. The third-order valence-electron chi connectivity index (χ3n) is 8.04. The number of hydrogen-bond donors (Lipinski definition) is 0. The van der Waals surface area contributed by atoms with E-state index in [-0.39, 0.29) is 0 Å². The molecule has 0 fully saturated rings.